The molecular formula is C24H18ClNO3. The SMILES string of the molecule is N#CC(=Cc1ccccc1OCc1ccccc1Cl)C(=O)OCc1ccccc1. The number of benzene rings is 3. The van der Waals surface area contributed by atoms with Crippen molar-refractivity contribution in [2.45, 2.75) is 13.2 Å². The third kappa shape index (κ3) is 5.71. The van der Waals surface area contributed by atoms with Gasteiger partial charge in [-0.05, 0) is 23.8 Å². The summed E-state index contributed by atoms with van der Waals surface area (Å²) in [5.74, 6) is -0.145. The van der Waals surface area contributed by atoms with E-state index in [-0.39, 0.29) is 18.8 Å². The normalized spacial score (nSPS) is 10.8. The molecule has 144 valence electrons. The molecule has 29 heavy (non-hydrogen) atoms. The predicted octanol–water partition coefficient (Wildman–Crippen LogP) is 5.57. The number of nitrogens with zero attached hydrogens (tertiary/aromatic N) is 1. The van der Waals surface area contributed by atoms with E-state index in [0.717, 1.165) is 11.1 Å². The molecule has 0 aliphatic heterocycles. The van der Waals surface area contributed by atoms with Crippen LogP contribution in [0.2, 0.25) is 5.02 Å². The lowest BCUT2D eigenvalue weighted by atomic mass is 10.1. The Hall–Kier alpha value is -3.55. The number of hydrogen-bond acceptors (Lipinski definition) is 4. The Morgan fingerprint density at radius 1 is 0.931 bits per heavy atom. The maximum Gasteiger partial charge on any atom is 0.349 e. The molecule has 0 amide bonds. The van der Waals surface area contributed by atoms with Gasteiger partial charge in [0.25, 0.3) is 0 Å². The molecule has 3 aromatic carbocycles. The fourth-order valence-electron chi connectivity index (χ4n) is 2.60. The molecular weight excluding hydrogens is 386 g/mol. The maximum atomic E-state index is 12.3. The number of esters is 1. The first kappa shape index (κ1) is 20.2. The van der Waals surface area contributed by atoms with Crippen molar-refractivity contribution in [1.29, 1.82) is 5.26 Å². The fourth-order valence-corrected chi connectivity index (χ4v) is 2.79. The van der Waals surface area contributed by atoms with Gasteiger partial charge in [-0.15, -0.1) is 0 Å². The average molecular weight is 404 g/mol. The lowest BCUT2D eigenvalue weighted by molar-refractivity contribution is -0.139. The standard InChI is InChI=1S/C24H18ClNO3/c25-22-12-6-4-11-20(22)17-28-23-13-7-5-10-19(23)14-21(15-26)24(27)29-16-18-8-2-1-3-9-18/h1-14H,16-17H2. The molecule has 0 saturated heterocycles. The first-order valence-corrected chi connectivity index (χ1v) is 9.33. The number of halogens is 1. The van der Waals surface area contributed by atoms with E-state index < -0.39 is 5.97 Å². The molecule has 0 unspecified atom stereocenters. The summed E-state index contributed by atoms with van der Waals surface area (Å²) in [6, 6.07) is 25.8. The minimum atomic E-state index is -0.683. The van der Waals surface area contributed by atoms with Crippen molar-refractivity contribution in [1.82, 2.24) is 0 Å². The third-order valence-corrected chi connectivity index (χ3v) is 4.48. The number of hydrogen-bond donors (Lipinski definition) is 0. The second-order valence-electron chi connectivity index (χ2n) is 6.15. The van der Waals surface area contributed by atoms with E-state index in [0.29, 0.717) is 16.3 Å². The third-order valence-electron chi connectivity index (χ3n) is 4.11. The van der Waals surface area contributed by atoms with Gasteiger partial charge in [0.1, 0.15) is 30.6 Å². The second kappa shape index (κ2) is 10.1. The van der Waals surface area contributed by atoms with Crippen molar-refractivity contribution in [3.8, 4) is 11.8 Å². The predicted molar refractivity (Wildman–Crippen MR) is 112 cm³/mol. The second-order valence-corrected chi connectivity index (χ2v) is 6.56. The molecule has 0 atom stereocenters. The molecule has 0 bridgehead atoms. The molecule has 0 aliphatic rings. The number of carbonyl (C=O) groups is 1. The average Bonchev–Trinajstić information content (AvgIpc) is 2.76. The van der Waals surface area contributed by atoms with Gasteiger partial charge in [-0.3, -0.25) is 0 Å². The molecule has 3 rings (SSSR count). The van der Waals surface area contributed by atoms with Gasteiger partial charge in [0.2, 0.25) is 0 Å². The molecule has 0 aliphatic carbocycles. The maximum absolute atomic E-state index is 12.3. The summed E-state index contributed by atoms with van der Waals surface area (Å²) in [5.41, 5.74) is 2.19. The van der Waals surface area contributed by atoms with Gasteiger partial charge in [-0.25, -0.2) is 4.79 Å². The summed E-state index contributed by atoms with van der Waals surface area (Å²) < 4.78 is 11.1. The van der Waals surface area contributed by atoms with E-state index in [9.17, 15) is 10.1 Å². The van der Waals surface area contributed by atoms with Gasteiger partial charge in [0, 0.05) is 16.1 Å². The Morgan fingerprint density at radius 3 is 2.38 bits per heavy atom. The Balaban J connectivity index is 1.73. The Morgan fingerprint density at radius 2 is 1.62 bits per heavy atom. The van der Waals surface area contributed by atoms with Gasteiger partial charge >= 0.3 is 5.97 Å². The van der Waals surface area contributed by atoms with Gasteiger partial charge in [0.15, 0.2) is 0 Å². The molecule has 0 spiro atoms. The zero-order chi connectivity index (χ0) is 20.5. The highest BCUT2D eigenvalue weighted by Gasteiger charge is 2.13. The van der Waals surface area contributed by atoms with Crippen LogP contribution in [0.25, 0.3) is 6.08 Å². The molecule has 0 N–H and O–H groups in total. The van der Waals surface area contributed by atoms with E-state index >= 15 is 0 Å². The van der Waals surface area contributed by atoms with Crippen LogP contribution in [0.4, 0.5) is 0 Å². The summed E-state index contributed by atoms with van der Waals surface area (Å²) in [5, 5.41) is 10.0. The van der Waals surface area contributed by atoms with Crippen LogP contribution in [0.5, 0.6) is 5.75 Å². The molecule has 0 radical (unpaired) electrons. The molecule has 3 aromatic rings. The van der Waals surface area contributed by atoms with Crippen molar-refractivity contribution < 1.29 is 14.3 Å². The van der Waals surface area contributed by atoms with E-state index in [1.165, 1.54) is 6.08 Å². The van der Waals surface area contributed by atoms with E-state index in [1.807, 2.05) is 60.7 Å². The van der Waals surface area contributed by atoms with Crippen LogP contribution in [0.15, 0.2) is 84.4 Å². The number of ether oxygens (including phenoxy) is 2. The highest BCUT2D eigenvalue weighted by atomic mass is 35.5. The summed E-state index contributed by atoms with van der Waals surface area (Å²) in [7, 11) is 0. The van der Waals surface area contributed by atoms with Crippen molar-refractivity contribution >= 4 is 23.6 Å². The summed E-state index contributed by atoms with van der Waals surface area (Å²) >= 11 is 6.17. The van der Waals surface area contributed by atoms with Crippen molar-refractivity contribution in [3.63, 3.8) is 0 Å². The Bertz CT molecular complexity index is 1050. The van der Waals surface area contributed by atoms with Crippen molar-refractivity contribution in [2.75, 3.05) is 0 Å². The van der Waals surface area contributed by atoms with Crippen molar-refractivity contribution in [3.05, 3.63) is 106 Å². The quantitative estimate of drug-likeness (QED) is 0.294. The molecule has 0 fully saturated rings. The largest absolute Gasteiger partial charge is 0.488 e. The molecule has 0 saturated carbocycles. The minimum Gasteiger partial charge on any atom is -0.488 e. The Labute approximate surface area is 174 Å². The van der Waals surface area contributed by atoms with Crippen LogP contribution < -0.4 is 4.74 Å². The first-order chi connectivity index (χ1) is 14.2. The lowest BCUT2D eigenvalue weighted by Gasteiger charge is -2.11. The highest BCUT2D eigenvalue weighted by molar-refractivity contribution is 6.31. The Kier molecular flexibility index (Phi) is 7.05. The zero-order valence-corrected chi connectivity index (χ0v) is 16.3. The van der Waals surface area contributed by atoms with Gasteiger partial charge in [0.05, 0.1) is 0 Å². The summed E-state index contributed by atoms with van der Waals surface area (Å²) in [6.07, 6.45) is 1.47. The van der Waals surface area contributed by atoms with Crippen LogP contribution in [0, 0.1) is 11.3 Å². The van der Waals surface area contributed by atoms with E-state index in [1.54, 1.807) is 24.3 Å². The molecule has 4 nitrogen and oxygen atoms in total. The minimum absolute atomic E-state index is 0.101. The molecule has 0 heterocycles. The molecule has 5 heteroatoms. The fraction of sp³-hybridized carbons (Fsp3) is 0.0833. The summed E-state index contributed by atoms with van der Waals surface area (Å²) in [6.45, 7) is 0.369. The smallest absolute Gasteiger partial charge is 0.349 e. The summed E-state index contributed by atoms with van der Waals surface area (Å²) in [4.78, 5) is 12.3. The van der Waals surface area contributed by atoms with Crippen LogP contribution >= 0.6 is 11.6 Å². The number of rotatable bonds is 7. The first-order valence-electron chi connectivity index (χ1n) is 8.95. The van der Waals surface area contributed by atoms with Crippen LogP contribution in [0.3, 0.4) is 0 Å². The van der Waals surface area contributed by atoms with Crippen LogP contribution in [0.1, 0.15) is 16.7 Å². The van der Waals surface area contributed by atoms with Gasteiger partial charge < -0.3 is 9.47 Å². The number of carbonyl (C=O) groups excluding carboxylic acids is 1. The van der Waals surface area contributed by atoms with E-state index in [2.05, 4.69) is 0 Å². The molecule has 0 aromatic heterocycles. The zero-order valence-electron chi connectivity index (χ0n) is 15.5. The lowest BCUT2D eigenvalue weighted by Crippen LogP contribution is -2.07. The van der Waals surface area contributed by atoms with Gasteiger partial charge in [-0.1, -0.05) is 78.3 Å². The van der Waals surface area contributed by atoms with Gasteiger partial charge in [-0.2, -0.15) is 5.26 Å². The van der Waals surface area contributed by atoms with Crippen molar-refractivity contribution in [2.24, 2.45) is 0 Å². The topological polar surface area (TPSA) is 59.3 Å². The van der Waals surface area contributed by atoms with Crippen LogP contribution in [-0.4, -0.2) is 5.97 Å². The number of nitriles is 1. The van der Waals surface area contributed by atoms with E-state index in [4.69, 9.17) is 21.1 Å². The highest BCUT2D eigenvalue weighted by Crippen LogP contribution is 2.24. The van der Waals surface area contributed by atoms with Crippen LogP contribution in [-0.2, 0) is 22.7 Å². The monoisotopic (exact) mass is 403 g/mol. The number of para-hydroxylation sites is 1.